The second-order valence-corrected chi connectivity index (χ2v) is 10.2. The highest BCUT2D eigenvalue weighted by atomic mass is 32.2. The second-order valence-electron chi connectivity index (χ2n) is 8.33. The molecule has 0 saturated carbocycles. The first kappa shape index (κ1) is 22.4. The van der Waals surface area contributed by atoms with E-state index in [0.717, 1.165) is 11.8 Å². The van der Waals surface area contributed by atoms with Gasteiger partial charge in [-0.05, 0) is 24.6 Å². The van der Waals surface area contributed by atoms with E-state index in [1.54, 1.807) is 28.9 Å². The fourth-order valence-corrected chi connectivity index (χ4v) is 6.37. The Morgan fingerprint density at radius 3 is 2.56 bits per heavy atom. The molecule has 2 aliphatic heterocycles. The minimum absolute atomic E-state index is 0.204. The number of aliphatic hydroxyl groups is 1. The molecule has 2 aliphatic rings. The normalized spacial score (nSPS) is 25.1. The van der Waals surface area contributed by atoms with Crippen LogP contribution in [0.5, 0.6) is 0 Å². The molecule has 4 rings (SSSR count). The van der Waals surface area contributed by atoms with Crippen molar-refractivity contribution < 1.29 is 18.3 Å². The number of hydrogen-bond donors (Lipinski definition) is 2. The van der Waals surface area contributed by atoms with E-state index >= 15 is 0 Å². The van der Waals surface area contributed by atoms with Crippen molar-refractivity contribution in [3.05, 3.63) is 75.7 Å². The summed E-state index contributed by atoms with van der Waals surface area (Å²) in [5.41, 5.74) is 1.75. The molecule has 32 heavy (non-hydrogen) atoms. The molecule has 2 N–H and O–H groups in total. The number of carbonyl (C=O) groups excluding carboxylic acids is 1. The maximum atomic E-state index is 13.2. The molecule has 1 aromatic heterocycles. The van der Waals surface area contributed by atoms with Crippen molar-refractivity contribution in [2.45, 2.75) is 32.1 Å². The monoisotopic (exact) mass is 457 g/mol. The van der Waals surface area contributed by atoms with Gasteiger partial charge in [0.15, 0.2) is 0 Å². The molecule has 8 nitrogen and oxygen atoms in total. The minimum atomic E-state index is -3.82. The topological polar surface area (TPSA) is 109 Å². The Balaban J connectivity index is 1.72. The second kappa shape index (κ2) is 8.65. The Morgan fingerprint density at radius 1 is 1.22 bits per heavy atom. The Kier molecular flexibility index (Phi) is 6.07. The van der Waals surface area contributed by atoms with Crippen LogP contribution in [-0.2, 0) is 27.9 Å². The number of fused-ring (bicyclic) bond motifs is 3. The zero-order chi connectivity index (χ0) is 23.0. The predicted octanol–water partition coefficient (Wildman–Crippen LogP) is 1.12. The fourth-order valence-electron chi connectivity index (χ4n) is 5.02. The van der Waals surface area contributed by atoms with Gasteiger partial charge in [-0.25, -0.2) is 8.42 Å². The van der Waals surface area contributed by atoms with E-state index in [0.29, 0.717) is 11.3 Å². The molecule has 1 fully saturated rings. The lowest BCUT2D eigenvalue weighted by molar-refractivity contribution is -0.126. The maximum Gasteiger partial charge on any atom is 0.258 e. The molecule has 2 aromatic rings. The lowest BCUT2D eigenvalue weighted by Gasteiger charge is -2.28. The Morgan fingerprint density at radius 2 is 1.94 bits per heavy atom. The molecule has 4 atom stereocenters. The van der Waals surface area contributed by atoms with Crippen molar-refractivity contribution in [1.82, 2.24) is 14.2 Å². The van der Waals surface area contributed by atoms with E-state index in [4.69, 9.17) is 0 Å². The number of nitrogens with one attached hydrogen (secondary N) is 1. The summed E-state index contributed by atoms with van der Waals surface area (Å²) in [4.78, 5) is 26.1. The Bertz CT molecular complexity index is 1210. The van der Waals surface area contributed by atoms with Crippen molar-refractivity contribution in [3.8, 4) is 0 Å². The molecule has 0 unspecified atom stereocenters. The number of aliphatic hydroxyl groups excluding tert-OH is 1. The lowest BCUT2D eigenvalue weighted by Crippen LogP contribution is -2.49. The van der Waals surface area contributed by atoms with Crippen LogP contribution >= 0.6 is 0 Å². The number of aromatic nitrogens is 1. The number of hydrogen-bond acceptors (Lipinski definition) is 5. The number of allylic oxidation sites excluding steroid dienone is 1. The smallest absolute Gasteiger partial charge is 0.258 e. The van der Waals surface area contributed by atoms with Crippen LogP contribution in [0.1, 0.15) is 29.8 Å². The molecular weight excluding hydrogens is 430 g/mol. The van der Waals surface area contributed by atoms with Gasteiger partial charge < -0.3 is 15.0 Å². The summed E-state index contributed by atoms with van der Waals surface area (Å²) in [6.07, 6.45) is 4.55. The molecule has 3 heterocycles. The molecule has 0 aliphatic carbocycles. The van der Waals surface area contributed by atoms with Gasteiger partial charge in [0, 0.05) is 42.8 Å². The molecule has 1 saturated heterocycles. The van der Waals surface area contributed by atoms with Gasteiger partial charge in [0.25, 0.3) is 5.56 Å². The lowest BCUT2D eigenvalue weighted by atomic mass is 9.88. The van der Waals surface area contributed by atoms with Gasteiger partial charge in [-0.1, -0.05) is 42.5 Å². The molecule has 1 aromatic carbocycles. The third kappa shape index (κ3) is 3.80. The van der Waals surface area contributed by atoms with Crippen LogP contribution < -0.4 is 10.9 Å². The highest BCUT2D eigenvalue weighted by molar-refractivity contribution is 7.88. The Hall–Kier alpha value is -2.75. The molecule has 0 spiro atoms. The van der Waals surface area contributed by atoms with Crippen LogP contribution in [0.3, 0.4) is 0 Å². The van der Waals surface area contributed by atoms with Crippen LogP contribution in [0.4, 0.5) is 0 Å². The number of pyridine rings is 1. The minimum Gasteiger partial charge on any atom is -0.396 e. The van der Waals surface area contributed by atoms with Crippen molar-refractivity contribution in [2.24, 2.45) is 11.8 Å². The van der Waals surface area contributed by atoms with Gasteiger partial charge in [0.2, 0.25) is 15.9 Å². The van der Waals surface area contributed by atoms with Gasteiger partial charge in [-0.2, -0.15) is 4.31 Å². The quantitative estimate of drug-likeness (QED) is 0.676. The van der Waals surface area contributed by atoms with Crippen LogP contribution in [0.25, 0.3) is 6.08 Å². The van der Waals surface area contributed by atoms with Crippen LogP contribution in [-0.4, -0.2) is 47.2 Å². The van der Waals surface area contributed by atoms with Gasteiger partial charge in [-0.15, -0.1) is 0 Å². The third-order valence-electron chi connectivity index (χ3n) is 6.36. The zero-order valence-corrected chi connectivity index (χ0v) is 18.8. The largest absolute Gasteiger partial charge is 0.396 e. The average molecular weight is 458 g/mol. The van der Waals surface area contributed by atoms with E-state index in [1.165, 1.54) is 4.31 Å². The van der Waals surface area contributed by atoms with E-state index in [2.05, 4.69) is 5.32 Å². The molecule has 170 valence electrons. The van der Waals surface area contributed by atoms with Gasteiger partial charge in [-0.3, -0.25) is 9.59 Å². The van der Waals surface area contributed by atoms with E-state index in [1.807, 2.05) is 37.3 Å². The van der Waals surface area contributed by atoms with Crippen molar-refractivity contribution in [1.29, 1.82) is 0 Å². The third-order valence-corrected chi connectivity index (χ3v) is 7.58. The van der Waals surface area contributed by atoms with Crippen molar-refractivity contribution >= 4 is 22.0 Å². The number of carbonyl (C=O) groups is 1. The number of benzene rings is 1. The predicted molar refractivity (Wildman–Crippen MR) is 121 cm³/mol. The van der Waals surface area contributed by atoms with Gasteiger partial charge >= 0.3 is 0 Å². The summed E-state index contributed by atoms with van der Waals surface area (Å²) in [5.74, 6) is -1.46. The van der Waals surface area contributed by atoms with Gasteiger partial charge in [0.1, 0.15) is 6.04 Å². The molecule has 1 amide bonds. The summed E-state index contributed by atoms with van der Waals surface area (Å²) >= 11 is 0. The summed E-state index contributed by atoms with van der Waals surface area (Å²) < 4.78 is 28.5. The molecule has 0 bridgehead atoms. The number of amides is 1. The van der Waals surface area contributed by atoms with E-state index in [9.17, 15) is 23.1 Å². The summed E-state index contributed by atoms with van der Waals surface area (Å²) in [7, 11) is -3.82. The van der Waals surface area contributed by atoms with Gasteiger partial charge in [0.05, 0.1) is 12.3 Å². The standard InChI is InChI=1S/C23H27N3O5S/c1-3-7-16-10-11-19-20-17(13-25(19)23(16)29)18(14-27)21(26(20)32(2,30)31)22(28)24-12-15-8-5-4-6-9-15/h3-11,17-18,20-21,27H,12-14H2,1-2H3,(H,24,28)/b7-3+/t17-,18-,20+,21-/m1/s1. The molecule has 9 heteroatoms. The Labute approximate surface area is 187 Å². The summed E-state index contributed by atoms with van der Waals surface area (Å²) in [6, 6.07) is 11.0. The summed E-state index contributed by atoms with van der Waals surface area (Å²) in [5, 5.41) is 13.0. The molecule has 0 radical (unpaired) electrons. The van der Waals surface area contributed by atoms with E-state index < -0.39 is 33.9 Å². The van der Waals surface area contributed by atoms with Crippen molar-refractivity contribution in [3.63, 3.8) is 0 Å². The number of nitrogens with zero attached hydrogens (tertiary/aromatic N) is 2. The SMILES string of the molecule is C/C=C/c1ccc2n(c1=O)C[C@@H]1[C@@H](CO)[C@H](C(=O)NCc3ccccc3)N(S(C)(=O)=O)[C@H]21. The number of sulfonamides is 1. The first-order valence-corrected chi connectivity index (χ1v) is 12.4. The maximum absolute atomic E-state index is 13.2. The first-order valence-electron chi connectivity index (χ1n) is 10.6. The van der Waals surface area contributed by atoms with Crippen LogP contribution in [0, 0.1) is 11.8 Å². The van der Waals surface area contributed by atoms with Crippen molar-refractivity contribution in [2.75, 3.05) is 12.9 Å². The zero-order valence-electron chi connectivity index (χ0n) is 18.0. The fraction of sp³-hybridized carbons (Fsp3) is 0.391. The number of rotatable bonds is 6. The summed E-state index contributed by atoms with van der Waals surface area (Å²) in [6.45, 7) is 1.97. The van der Waals surface area contributed by atoms with Crippen LogP contribution in [0.15, 0.2) is 53.3 Å². The average Bonchev–Trinajstić information content (AvgIpc) is 3.29. The highest BCUT2D eigenvalue weighted by Crippen LogP contribution is 2.50. The molecular formula is C23H27N3O5S. The highest BCUT2D eigenvalue weighted by Gasteiger charge is 2.58. The van der Waals surface area contributed by atoms with Crippen LogP contribution in [0.2, 0.25) is 0 Å². The van der Waals surface area contributed by atoms with E-state index in [-0.39, 0.29) is 31.2 Å². The first-order chi connectivity index (χ1) is 15.3.